The van der Waals surface area contributed by atoms with E-state index in [-0.39, 0.29) is 29.6 Å². The smallest absolute Gasteiger partial charge is 0.305 e. The van der Waals surface area contributed by atoms with E-state index in [1.54, 1.807) is 6.92 Å². The normalized spacial score (nSPS) is 11.4. The van der Waals surface area contributed by atoms with Crippen molar-refractivity contribution in [3.8, 4) is 0 Å². The summed E-state index contributed by atoms with van der Waals surface area (Å²) in [5, 5.41) is 12.9. The van der Waals surface area contributed by atoms with Gasteiger partial charge in [-0.25, -0.2) is 8.78 Å². The average Bonchev–Trinajstić information content (AvgIpc) is 2.80. The van der Waals surface area contributed by atoms with E-state index in [1.165, 1.54) is 10.9 Å². The van der Waals surface area contributed by atoms with Crippen molar-refractivity contribution >= 4 is 17.0 Å². The number of fused-ring (bicyclic) bond motifs is 1. The Morgan fingerprint density at radius 1 is 1.50 bits per heavy atom. The van der Waals surface area contributed by atoms with Gasteiger partial charge in [-0.3, -0.25) is 18.8 Å². The Morgan fingerprint density at radius 3 is 2.75 bits per heavy atom. The minimum Gasteiger partial charge on any atom is -0.481 e. The number of pyridine rings is 1. The van der Waals surface area contributed by atoms with Crippen molar-refractivity contribution in [1.29, 1.82) is 0 Å². The molecule has 0 radical (unpaired) electrons. The van der Waals surface area contributed by atoms with Gasteiger partial charge in [-0.1, -0.05) is 0 Å². The van der Waals surface area contributed by atoms with Crippen LogP contribution >= 0.6 is 0 Å². The summed E-state index contributed by atoms with van der Waals surface area (Å²) >= 11 is 0. The number of aryl methyl sites for hydroxylation is 2. The van der Waals surface area contributed by atoms with Crippen LogP contribution in [0, 0.1) is 0 Å². The Kier molecular flexibility index (Phi) is 3.82. The third-order valence-electron chi connectivity index (χ3n) is 2.96. The predicted molar refractivity (Wildman–Crippen MR) is 66.9 cm³/mol. The van der Waals surface area contributed by atoms with Gasteiger partial charge in [0.05, 0.1) is 6.42 Å². The summed E-state index contributed by atoms with van der Waals surface area (Å²) in [5.41, 5.74) is -0.956. The van der Waals surface area contributed by atoms with Crippen LogP contribution in [-0.4, -0.2) is 25.4 Å². The van der Waals surface area contributed by atoms with Crippen molar-refractivity contribution in [3.63, 3.8) is 0 Å². The molecule has 0 fully saturated rings. The van der Waals surface area contributed by atoms with Gasteiger partial charge in [0.15, 0.2) is 5.65 Å². The first-order valence-corrected chi connectivity index (χ1v) is 6.05. The predicted octanol–water partition coefficient (Wildman–Crippen LogP) is 1.63. The third-order valence-corrected chi connectivity index (χ3v) is 2.96. The number of rotatable bonds is 5. The first-order valence-electron chi connectivity index (χ1n) is 6.05. The monoisotopic (exact) mass is 285 g/mol. The highest BCUT2D eigenvalue weighted by Gasteiger charge is 2.19. The zero-order chi connectivity index (χ0) is 14.9. The maximum Gasteiger partial charge on any atom is 0.305 e. The van der Waals surface area contributed by atoms with Crippen LogP contribution < -0.4 is 5.56 Å². The maximum atomic E-state index is 13.0. The molecule has 0 atom stereocenters. The topological polar surface area (TPSA) is 77.1 Å². The molecule has 0 aromatic carbocycles. The molecule has 0 saturated heterocycles. The lowest BCUT2D eigenvalue weighted by Gasteiger charge is -2.07. The van der Waals surface area contributed by atoms with Gasteiger partial charge in [0.1, 0.15) is 0 Å². The van der Waals surface area contributed by atoms with E-state index < -0.39 is 18.0 Å². The number of nitrogens with zero attached hydrogens (tertiary/aromatic N) is 3. The van der Waals surface area contributed by atoms with E-state index >= 15 is 0 Å². The van der Waals surface area contributed by atoms with Crippen LogP contribution in [0.2, 0.25) is 0 Å². The van der Waals surface area contributed by atoms with Gasteiger partial charge >= 0.3 is 5.97 Å². The number of hydrogen-bond donors (Lipinski definition) is 1. The van der Waals surface area contributed by atoms with Gasteiger partial charge < -0.3 is 5.11 Å². The van der Waals surface area contributed by atoms with Gasteiger partial charge in [0.2, 0.25) is 0 Å². The van der Waals surface area contributed by atoms with E-state index in [2.05, 4.69) is 5.10 Å². The van der Waals surface area contributed by atoms with Crippen molar-refractivity contribution in [2.75, 3.05) is 0 Å². The molecule has 0 bridgehead atoms. The summed E-state index contributed by atoms with van der Waals surface area (Å²) in [6.45, 7) is 2.15. The van der Waals surface area contributed by atoms with Crippen molar-refractivity contribution in [3.05, 3.63) is 28.2 Å². The second-order valence-corrected chi connectivity index (χ2v) is 4.26. The Balaban J connectivity index is 2.65. The number of carboxylic acid groups (broad SMARTS) is 1. The Labute approximate surface area is 112 Å². The molecule has 20 heavy (non-hydrogen) atoms. The summed E-state index contributed by atoms with van der Waals surface area (Å²) in [6.07, 6.45) is -1.62. The molecule has 0 aliphatic carbocycles. The molecule has 0 unspecified atom stereocenters. The lowest BCUT2D eigenvalue weighted by atomic mass is 10.2. The molecule has 2 aromatic rings. The molecule has 0 saturated carbocycles. The zero-order valence-corrected chi connectivity index (χ0v) is 10.7. The van der Waals surface area contributed by atoms with Crippen molar-refractivity contribution in [1.82, 2.24) is 14.3 Å². The van der Waals surface area contributed by atoms with Crippen molar-refractivity contribution in [2.24, 2.45) is 0 Å². The van der Waals surface area contributed by atoms with Gasteiger partial charge in [-0.15, -0.1) is 0 Å². The number of alkyl halides is 2. The largest absolute Gasteiger partial charge is 0.481 e. The lowest BCUT2D eigenvalue weighted by Crippen LogP contribution is -2.22. The average molecular weight is 285 g/mol. The molecule has 2 heterocycles. The first kappa shape index (κ1) is 14.2. The molecular weight excluding hydrogens is 272 g/mol. The van der Waals surface area contributed by atoms with E-state index in [9.17, 15) is 18.4 Å². The number of hydrogen-bond acceptors (Lipinski definition) is 3. The highest BCUT2D eigenvalue weighted by atomic mass is 19.3. The molecular formula is C12H13F2N3O3. The van der Waals surface area contributed by atoms with E-state index in [4.69, 9.17) is 5.11 Å². The molecule has 2 rings (SSSR count). The fourth-order valence-electron chi connectivity index (χ4n) is 1.97. The van der Waals surface area contributed by atoms with Crippen molar-refractivity contribution < 1.29 is 18.7 Å². The minimum absolute atomic E-state index is 0.0934. The minimum atomic E-state index is -2.78. The zero-order valence-electron chi connectivity index (χ0n) is 10.7. The van der Waals surface area contributed by atoms with E-state index in [1.807, 2.05) is 0 Å². The molecule has 0 aliphatic heterocycles. The van der Waals surface area contributed by atoms with Gasteiger partial charge in [-0.05, 0) is 6.92 Å². The number of carboxylic acids is 1. The number of carbonyl (C=O) groups is 1. The summed E-state index contributed by atoms with van der Waals surface area (Å²) in [7, 11) is 0. The number of aromatic nitrogens is 3. The molecule has 108 valence electrons. The van der Waals surface area contributed by atoms with E-state index in [0.717, 1.165) is 10.6 Å². The number of halogens is 2. The molecule has 0 spiro atoms. The standard InChI is InChI=1S/C12H13F2N3O3/c1-2-16-6-8-7(11(13)14)5-9(18)17(12(8)15-16)4-3-10(19)20/h5-6,11H,2-4H2,1H3,(H,19,20). The second kappa shape index (κ2) is 5.40. The first-order chi connectivity index (χ1) is 9.43. The summed E-state index contributed by atoms with van der Waals surface area (Å²) in [6, 6.07) is 0.844. The van der Waals surface area contributed by atoms with Gasteiger partial charge in [-0.2, -0.15) is 5.10 Å². The fraction of sp³-hybridized carbons (Fsp3) is 0.417. The maximum absolute atomic E-state index is 13.0. The summed E-state index contributed by atoms with van der Waals surface area (Å²) < 4.78 is 28.5. The molecule has 8 heteroatoms. The van der Waals surface area contributed by atoms with Crippen LogP contribution in [-0.2, 0) is 17.9 Å². The Hall–Kier alpha value is -2.25. The second-order valence-electron chi connectivity index (χ2n) is 4.26. The van der Waals surface area contributed by atoms with E-state index in [0.29, 0.717) is 6.54 Å². The lowest BCUT2D eigenvalue weighted by molar-refractivity contribution is -0.137. The van der Waals surface area contributed by atoms with Crippen LogP contribution in [0.15, 0.2) is 17.1 Å². The Bertz CT molecular complexity index is 706. The Morgan fingerprint density at radius 2 is 2.20 bits per heavy atom. The third kappa shape index (κ3) is 2.54. The van der Waals surface area contributed by atoms with Crippen molar-refractivity contribution in [2.45, 2.75) is 32.9 Å². The summed E-state index contributed by atoms with van der Waals surface area (Å²) in [5.74, 6) is -1.07. The van der Waals surface area contributed by atoms with Gasteiger partial charge in [0.25, 0.3) is 12.0 Å². The fourth-order valence-corrected chi connectivity index (χ4v) is 1.97. The molecule has 0 amide bonds. The van der Waals surface area contributed by atoms with Crippen LogP contribution in [0.5, 0.6) is 0 Å². The molecule has 6 nitrogen and oxygen atoms in total. The highest BCUT2D eigenvalue weighted by Crippen LogP contribution is 2.25. The van der Waals surface area contributed by atoms with Crippen LogP contribution in [0.3, 0.4) is 0 Å². The quantitative estimate of drug-likeness (QED) is 0.905. The molecule has 1 N–H and O–H groups in total. The highest BCUT2D eigenvalue weighted by molar-refractivity contribution is 5.79. The SMILES string of the molecule is CCn1cc2c(C(F)F)cc(=O)n(CCC(=O)O)c2n1. The van der Waals surface area contributed by atoms with Crippen LogP contribution in [0.1, 0.15) is 25.3 Å². The molecule has 2 aromatic heterocycles. The number of aliphatic carboxylic acids is 1. The molecule has 0 aliphatic rings. The van der Waals surface area contributed by atoms with Crippen LogP contribution in [0.4, 0.5) is 8.78 Å². The van der Waals surface area contributed by atoms with Crippen LogP contribution in [0.25, 0.3) is 11.0 Å². The summed E-state index contributed by atoms with van der Waals surface area (Å²) in [4.78, 5) is 22.5. The van der Waals surface area contributed by atoms with Gasteiger partial charge in [0, 0.05) is 36.3 Å².